The molecule has 2 rings (SSSR count). The first-order chi connectivity index (χ1) is 9.69. The molecule has 1 heterocycles. The third-order valence-corrected chi connectivity index (χ3v) is 4.74. The highest BCUT2D eigenvalue weighted by Crippen LogP contribution is 2.26. The molecule has 1 fully saturated rings. The lowest BCUT2D eigenvalue weighted by Crippen LogP contribution is -3.28. The van der Waals surface area contributed by atoms with Crippen LogP contribution < -0.4 is 14.5 Å². The average Bonchev–Trinajstić information content (AvgIpc) is 2.48. The van der Waals surface area contributed by atoms with E-state index in [2.05, 4.69) is 6.92 Å². The lowest BCUT2D eigenvalue weighted by molar-refractivity contribution is -1.01. The van der Waals surface area contributed by atoms with Gasteiger partial charge >= 0.3 is 0 Å². The number of hydrogen-bond donors (Lipinski definition) is 2. The van der Waals surface area contributed by atoms with Crippen molar-refractivity contribution in [1.29, 1.82) is 0 Å². The van der Waals surface area contributed by atoms with Crippen molar-refractivity contribution in [1.82, 2.24) is 0 Å². The summed E-state index contributed by atoms with van der Waals surface area (Å²) in [4.78, 5) is 3.45. The maximum Gasteiger partial charge on any atom is 0.127 e. The zero-order valence-electron chi connectivity index (χ0n) is 12.1. The monoisotopic (exact) mass is 318 g/mol. The second-order valence-electron chi connectivity index (χ2n) is 5.38. The van der Waals surface area contributed by atoms with Crippen molar-refractivity contribution in [2.75, 3.05) is 45.9 Å². The Bertz CT molecular complexity index is 420. The minimum Gasteiger partial charge on any atom is -0.493 e. The second kappa shape index (κ2) is 8.08. The van der Waals surface area contributed by atoms with Gasteiger partial charge in [-0.2, -0.15) is 0 Å². The van der Waals surface area contributed by atoms with Crippen LogP contribution in [0.3, 0.4) is 0 Å². The van der Waals surface area contributed by atoms with Crippen molar-refractivity contribution >= 4 is 23.2 Å². The molecule has 0 amide bonds. The number of nitrogens with one attached hydrogen (secondary N) is 2. The van der Waals surface area contributed by atoms with Gasteiger partial charge in [0, 0.05) is 12.5 Å². The summed E-state index contributed by atoms with van der Waals surface area (Å²) in [7, 11) is 0. The lowest BCUT2D eigenvalue weighted by Gasteiger charge is -2.28. The number of piperazine rings is 1. The van der Waals surface area contributed by atoms with Gasteiger partial charge in [-0.1, -0.05) is 23.2 Å². The third-order valence-electron chi connectivity index (χ3n) is 4.00. The van der Waals surface area contributed by atoms with Crippen LogP contribution in [0.4, 0.5) is 0 Å². The van der Waals surface area contributed by atoms with Gasteiger partial charge in [0.05, 0.1) is 29.7 Å². The van der Waals surface area contributed by atoms with Gasteiger partial charge in [0.25, 0.3) is 0 Å². The minimum atomic E-state index is 0.549. The summed E-state index contributed by atoms with van der Waals surface area (Å²) in [6, 6.07) is 5.42. The van der Waals surface area contributed by atoms with Gasteiger partial charge < -0.3 is 14.5 Å². The Labute approximate surface area is 131 Å². The zero-order valence-corrected chi connectivity index (χ0v) is 13.6. The molecule has 112 valence electrons. The van der Waals surface area contributed by atoms with Crippen molar-refractivity contribution in [2.24, 2.45) is 0 Å². The van der Waals surface area contributed by atoms with E-state index in [9.17, 15) is 0 Å². The molecule has 5 heteroatoms. The Morgan fingerprint density at radius 2 is 1.75 bits per heavy atom. The smallest absolute Gasteiger partial charge is 0.127 e. The molecule has 0 unspecified atom stereocenters. The van der Waals surface area contributed by atoms with Crippen molar-refractivity contribution < 1.29 is 14.5 Å². The van der Waals surface area contributed by atoms with Crippen LogP contribution in [-0.2, 0) is 0 Å². The highest BCUT2D eigenvalue weighted by molar-refractivity contribution is 6.42. The van der Waals surface area contributed by atoms with Gasteiger partial charge in [-0.3, -0.25) is 0 Å². The van der Waals surface area contributed by atoms with E-state index in [0.29, 0.717) is 10.0 Å². The fourth-order valence-electron chi connectivity index (χ4n) is 2.64. The number of rotatable bonds is 6. The van der Waals surface area contributed by atoms with E-state index < -0.39 is 0 Å². The standard InChI is InChI=1S/C15H22Cl2N2O/c1-2-18-7-9-19(10-8-18)6-3-11-20-13-4-5-14(16)15(17)12-13/h4-5,12H,2-3,6-11H2,1H3/p+2. The summed E-state index contributed by atoms with van der Waals surface area (Å²) in [6.45, 7) is 10.6. The van der Waals surface area contributed by atoms with Crippen LogP contribution in [0.25, 0.3) is 0 Å². The largest absolute Gasteiger partial charge is 0.493 e. The van der Waals surface area contributed by atoms with E-state index in [1.54, 1.807) is 21.9 Å². The molecule has 0 aliphatic carbocycles. The maximum absolute atomic E-state index is 5.96. The highest BCUT2D eigenvalue weighted by atomic mass is 35.5. The van der Waals surface area contributed by atoms with Crippen LogP contribution in [0, 0.1) is 0 Å². The van der Waals surface area contributed by atoms with E-state index in [1.165, 1.54) is 39.3 Å². The van der Waals surface area contributed by atoms with Gasteiger partial charge in [0.15, 0.2) is 0 Å². The predicted molar refractivity (Wildman–Crippen MR) is 83.4 cm³/mol. The van der Waals surface area contributed by atoms with E-state index in [0.717, 1.165) is 18.8 Å². The molecule has 20 heavy (non-hydrogen) atoms. The van der Waals surface area contributed by atoms with Gasteiger partial charge in [-0.15, -0.1) is 0 Å². The molecule has 0 spiro atoms. The normalized spacial score (nSPS) is 22.8. The zero-order chi connectivity index (χ0) is 14.4. The van der Waals surface area contributed by atoms with E-state index in [4.69, 9.17) is 27.9 Å². The first-order valence-corrected chi connectivity index (χ1v) is 8.19. The van der Waals surface area contributed by atoms with Gasteiger partial charge in [0.1, 0.15) is 31.9 Å². The van der Waals surface area contributed by atoms with Crippen molar-refractivity contribution in [2.45, 2.75) is 13.3 Å². The Kier molecular flexibility index (Phi) is 6.43. The van der Waals surface area contributed by atoms with Crippen molar-refractivity contribution in [3.8, 4) is 5.75 Å². The fourth-order valence-corrected chi connectivity index (χ4v) is 2.93. The average molecular weight is 319 g/mol. The van der Waals surface area contributed by atoms with E-state index in [-0.39, 0.29) is 0 Å². The Balaban J connectivity index is 1.63. The first kappa shape index (κ1) is 15.9. The minimum absolute atomic E-state index is 0.549. The number of halogens is 2. The molecule has 1 aromatic carbocycles. The first-order valence-electron chi connectivity index (χ1n) is 7.44. The molecule has 0 saturated carbocycles. The summed E-state index contributed by atoms with van der Waals surface area (Å²) >= 11 is 11.8. The van der Waals surface area contributed by atoms with Gasteiger partial charge in [-0.25, -0.2) is 0 Å². The highest BCUT2D eigenvalue weighted by Gasteiger charge is 2.20. The molecule has 0 bridgehead atoms. The lowest BCUT2D eigenvalue weighted by atomic mass is 10.3. The molecule has 1 saturated heterocycles. The summed E-state index contributed by atoms with van der Waals surface area (Å²) < 4.78 is 5.71. The molecular formula is C15H24Cl2N2O+2. The molecule has 0 aromatic heterocycles. The Hall–Kier alpha value is -0.480. The molecule has 0 atom stereocenters. The maximum atomic E-state index is 5.96. The summed E-state index contributed by atoms with van der Waals surface area (Å²) in [6.07, 6.45) is 1.08. The van der Waals surface area contributed by atoms with Gasteiger partial charge in [-0.05, 0) is 19.1 Å². The number of hydrogen-bond acceptors (Lipinski definition) is 1. The van der Waals surface area contributed by atoms with Crippen LogP contribution >= 0.6 is 23.2 Å². The molecule has 2 N–H and O–H groups in total. The molecule has 1 aromatic rings. The third kappa shape index (κ3) is 4.81. The van der Waals surface area contributed by atoms with Crippen LogP contribution in [0.2, 0.25) is 10.0 Å². The van der Waals surface area contributed by atoms with Crippen LogP contribution in [0.15, 0.2) is 18.2 Å². The van der Waals surface area contributed by atoms with Crippen molar-refractivity contribution in [3.05, 3.63) is 28.2 Å². The summed E-state index contributed by atoms with van der Waals surface area (Å²) in [5, 5.41) is 1.12. The van der Waals surface area contributed by atoms with Crippen LogP contribution in [0.5, 0.6) is 5.75 Å². The number of benzene rings is 1. The van der Waals surface area contributed by atoms with Crippen LogP contribution in [-0.4, -0.2) is 45.9 Å². The summed E-state index contributed by atoms with van der Waals surface area (Å²) in [5.74, 6) is 0.801. The number of likely N-dealkylation sites (N-methyl/N-ethyl adjacent to an activating group) is 1. The molecule has 3 nitrogen and oxygen atoms in total. The molecule has 0 radical (unpaired) electrons. The molecule has 1 aliphatic rings. The summed E-state index contributed by atoms with van der Waals surface area (Å²) in [5.41, 5.74) is 0. The Morgan fingerprint density at radius 1 is 1.05 bits per heavy atom. The number of ether oxygens (including phenoxy) is 1. The molecular weight excluding hydrogens is 295 g/mol. The predicted octanol–water partition coefficient (Wildman–Crippen LogP) is 0.566. The fraction of sp³-hybridized carbons (Fsp3) is 0.600. The quantitative estimate of drug-likeness (QED) is 0.734. The van der Waals surface area contributed by atoms with E-state index >= 15 is 0 Å². The Morgan fingerprint density at radius 3 is 2.40 bits per heavy atom. The topological polar surface area (TPSA) is 18.1 Å². The molecule has 1 aliphatic heterocycles. The van der Waals surface area contributed by atoms with E-state index in [1.807, 2.05) is 6.07 Å². The van der Waals surface area contributed by atoms with Crippen molar-refractivity contribution in [3.63, 3.8) is 0 Å². The van der Waals surface area contributed by atoms with Gasteiger partial charge in [0.2, 0.25) is 0 Å². The van der Waals surface area contributed by atoms with Crippen LogP contribution in [0.1, 0.15) is 13.3 Å². The second-order valence-corrected chi connectivity index (χ2v) is 6.20. The SMILES string of the molecule is CC[NH+]1CC[NH+](CCCOc2ccc(Cl)c(Cl)c2)CC1. The number of quaternary nitrogens is 2.